The Morgan fingerprint density at radius 1 is 1.50 bits per heavy atom. The number of nitrogens with zero attached hydrogens (tertiary/aromatic N) is 1. The fourth-order valence-corrected chi connectivity index (χ4v) is 2.44. The van der Waals surface area contributed by atoms with Crippen molar-refractivity contribution in [3.8, 4) is 0 Å². The summed E-state index contributed by atoms with van der Waals surface area (Å²) in [5.41, 5.74) is 0.300. The molecule has 2 aromatic rings. The highest BCUT2D eigenvalue weighted by molar-refractivity contribution is 9.10. The molecule has 0 aliphatic carbocycles. The van der Waals surface area contributed by atoms with Crippen molar-refractivity contribution in [2.24, 2.45) is 5.92 Å². The van der Waals surface area contributed by atoms with E-state index in [0.717, 1.165) is 4.70 Å². The Labute approximate surface area is 117 Å². The lowest BCUT2D eigenvalue weighted by molar-refractivity contribution is -0.116. The fourth-order valence-electron chi connectivity index (χ4n) is 1.45. The molecule has 2 rings (SSSR count). The maximum absolute atomic E-state index is 13.4. The summed E-state index contributed by atoms with van der Waals surface area (Å²) in [6.07, 6.45) is 0. The smallest absolute Gasteiger partial charge is 0.240 e. The second-order valence-electron chi connectivity index (χ2n) is 4.24. The van der Waals surface area contributed by atoms with Crippen LogP contribution in [-0.2, 0) is 4.79 Å². The van der Waals surface area contributed by atoms with Crippen LogP contribution in [0.3, 0.4) is 0 Å². The van der Waals surface area contributed by atoms with Crippen molar-refractivity contribution < 1.29 is 9.18 Å². The van der Waals surface area contributed by atoms with Crippen molar-refractivity contribution in [1.82, 2.24) is 4.98 Å². The van der Waals surface area contributed by atoms with Crippen LogP contribution in [0.2, 0.25) is 0 Å². The van der Waals surface area contributed by atoms with Crippen LogP contribution in [0.15, 0.2) is 18.2 Å². The third-order valence-electron chi connectivity index (χ3n) is 2.44. The van der Waals surface area contributed by atoms with Crippen LogP contribution >= 0.6 is 27.3 Å². The lowest BCUT2D eigenvalue weighted by Gasteiger charge is -2.11. The average molecular weight is 331 g/mol. The van der Waals surface area contributed by atoms with Crippen molar-refractivity contribution in [2.45, 2.75) is 18.7 Å². The van der Waals surface area contributed by atoms with E-state index < -0.39 is 0 Å². The number of amides is 1. The van der Waals surface area contributed by atoms with E-state index in [0.29, 0.717) is 10.6 Å². The van der Waals surface area contributed by atoms with Gasteiger partial charge in [0.1, 0.15) is 11.3 Å². The molecule has 6 heteroatoms. The second-order valence-corrected chi connectivity index (χ2v) is 6.26. The number of rotatable bonds is 3. The normalized spacial score (nSPS) is 12.9. The summed E-state index contributed by atoms with van der Waals surface area (Å²) in [4.78, 5) is 15.6. The van der Waals surface area contributed by atoms with Gasteiger partial charge in [-0.2, -0.15) is 0 Å². The average Bonchev–Trinajstić information content (AvgIpc) is 2.71. The number of nitrogens with one attached hydrogen (secondary N) is 1. The van der Waals surface area contributed by atoms with E-state index in [9.17, 15) is 9.18 Å². The summed E-state index contributed by atoms with van der Waals surface area (Å²) in [5.74, 6) is -0.357. The molecule has 0 saturated carbocycles. The first-order valence-corrected chi connectivity index (χ1v) is 7.22. The van der Waals surface area contributed by atoms with E-state index in [1.807, 2.05) is 13.8 Å². The van der Waals surface area contributed by atoms with E-state index in [4.69, 9.17) is 0 Å². The van der Waals surface area contributed by atoms with E-state index in [1.165, 1.54) is 17.4 Å². The molecule has 0 bridgehead atoms. The van der Waals surface area contributed by atoms with Gasteiger partial charge in [-0.15, -0.1) is 0 Å². The number of aromatic nitrogens is 1. The summed E-state index contributed by atoms with van der Waals surface area (Å²) < 4.78 is 14.2. The number of halogens is 2. The Hall–Kier alpha value is -1.01. The molecule has 0 spiro atoms. The van der Waals surface area contributed by atoms with Crippen molar-refractivity contribution in [3.05, 3.63) is 24.0 Å². The minimum Gasteiger partial charge on any atom is -0.301 e. The predicted octanol–water partition coefficient (Wildman–Crippen LogP) is 3.79. The van der Waals surface area contributed by atoms with Gasteiger partial charge in [-0.05, 0) is 18.1 Å². The van der Waals surface area contributed by atoms with Crippen LogP contribution in [0.5, 0.6) is 0 Å². The second kappa shape index (κ2) is 5.32. The molecule has 1 heterocycles. The third kappa shape index (κ3) is 2.70. The minimum atomic E-state index is -0.372. The molecule has 1 amide bonds. The number of thiazole rings is 1. The minimum absolute atomic E-state index is 0.163. The SMILES string of the molecule is CC(C)[C@H](Br)C(=O)Nc1nc2c(F)cccc2s1. The number of carbonyl (C=O) groups excluding carboxylic acids is 1. The van der Waals surface area contributed by atoms with Gasteiger partial charge in [0.2, 0.25) is 5.91 Å². The Kier molecular flexibility index (Phi) is 3.97. The highest BCUT2D eigenvalue weighted by atomic mass is 79.9. The zero-order valence-corrected chi connectivity index (χ0v) is 12.3. The van der Waals surface area contributed by atoms with Crippen LogP contribution in [0.25, 0.3) is 10.2 Å². The van der Waals surface area contributed by atoms with Crippen LogP contribution in [0.1, 0.15) is 13.8 Å². The molecule has 0 fully saturated rings. The number of hydrogen-bond acceptors (Lipinski definition) is 3. The molecular weight excluding hydrogens is 319 g/mol. The molecular formula is C12H12BrFN2OS. The van der Waals surface area contributed by atoms with Crippen molar-refractivity contribution >= 4 is 48.5 Å². The number of para-hydroxylation sites is 1. The molecule has 1 N–H and O–H groups in total. The molecule has 0 unspecified atom stereocenters. The molecule has 0 radical (unpaired) electrons. The molecule has 18 heavy (non-hydrogen) atoms. The van der Waals surface area contributed by atoms with Crippen molar-refractivity contribution in [3.63, 3.8) is 0 Å². The first kappa shape index (κ1) is 13.4. The van der Waals surface area contributed by atoms with Crippen LogP contribution in [0.4, 0.5) is 9.52 Å². The van der Waals surface area contributed by atoms with E-state index in [1.54, 1.807) is 12.1 Å². The molecule has 1 aromatic heterocycles. The zero-order chi connectivity index (χ0) is 13.3. The van der Waals surface area contributed by atoms with Gasteiger partial charge in [-0.25, -0.2) is 9.37 Å². The van der Waals surface area contributed by atoms with Gasteiger partial charge in [0.25, 0.3) is 0 Å². The molecule has 0 aliphatic heterocycles. The largest absolute Gasteiger partial charge is 0.301 e. The van der Waals surface area contributed by atoms with Gasteiger partial charge in [-0.1, -0.05) is 47.2 Å². The van der Waals surface area contributed by atoms with Gasteiger partial charge in [0.05, 0.1) is 9.53 Å². The lowest BCUT2D eigenvalue weighted by Crippen LogP contribution is -2.26. The Bertz CT molecular complexity index is 584. The number of benzene rings is 1. The first-order valence-electron chi connectivity index (χ1n) is 5.49. The van der Waals surface area contributed by atoms with Gasteiger partial charge in [0, 0.05) is 0 Å². The summed E-state index contributed by atoms with van der Waals surface area (Å²) in [5, 5.41) is 3.12. The van der Waals surface area contributed by atoms with Gasteiger partial charge < -0.3 is 5.32 Å². The molecule has 1 atom stereocenters. The predicted molar refractivity (Wildman–Crippen MR) is 75.8 cm³/mol. The van der Waals surface area contributed by atoms with E-state index in [2.05, 4.69) is 26.2 Å². The van der Waals surface area contributed by atoms with E-state index in [-0.39, 0.29) is 22.5 Å². The van der Waals surface area contributed by atoms with Crippen LogP contribution in [0, 0.1) is 11.7 Å². The highest BCUT2D eigenvalue weighted by Crippen LogP contribution is 2.28. The van der Waals surface area contributed by atoms with Gasteiger partial charge in [0.15, 0.2) is 5.13 Å². The summed E-state index contributed by atoms with van der Waals surface area (Å²) in [6.45, 7) is 3.88. The molecule has 0 aliphatic rings. The Balaban J connectivity index is 2.23. The van der Waals surface area contributed by atoms with Crippen LogP contribution in [-0.4, -0.2) is 15.7 Å². The summed E-state index contributed by atoms with van der Waals surface area (Å²) in [6, 6.07) is 4.76. The summed E-state index contributed by atoms with van der Waals surface area (Å²) >= 11 is 4.58. The first-order chi connectivity index (χ1) is 8.49. The quantitative estimate of drug-likeness (QED) is 0.870. The molecule has 3 nitrogen and oxygen atoms in total. The Morgan fingerprint density at radius 2 is 2.22 bits per heavy atom. The molecule has 96 valence electrons. The van der Waals surface area contributed by atoms with Crippen molar-refractivity contribution in [2.75, 3.05) is 5.32 Å². The van der Waals surface area contributed by atoms with Crippen molar-refractivity contribution in [1.29, 1.82) is 0 Å². The molecule has 1 aromatic carbocycles. The maximum atomic E-state index is 13.4. The monoisotopic (exact) mass is 330 g/mol. The lowest BCUT2D eigenvalue weighted by atomic mass is 10.1. The topological polar surface area (TPSA) is 42.0 Å². The fraction of sp³-hybridized carbons (Fsp3) is 0.333. The molecule has 0 saturated heterocycles. The third-order valence-corrected chi connectivity index (χ3v) is 4.84. The number of alkyl halides is 1. The summed E-state index contributed by atoms with van der Waals surface area (Å²) in [7, 11) is 0. The van der Waals surface area contributed by atoms with Gasteiger partial charge in [-0.3, -0.25) is 4.79 Å². The number of hydrogen-bond donors (Lipinski definition) is 1. The number of fused-ring (bicyclic) bond motifs is 1. The number of carbonyl (C=O) groups is 1. The Morgan fingerprint density at radius 3 is 2.83 bits per heavy atom. The van der Waals surface area contributed by atoms with E-state index >= 15 is 0 Å². The highest BCUT2D eigenvalue weighted by Gasteiger charge is 2.20. The maximum Gasteiger partial charge on any atom is 0.240 e. The number of anilines is 1. The van der Waals surface area contributed by atoms with Gasteiger partial charge >= 0.3 is 0 Å². The zero-order valence-electron chi connectivity index (χ0n) is 9.91. The van der Waals surface area contributed by atoms with Crippen LogP contribution < -0.4 is 5.32 Å². The standard InChI is InChI=1S/C12H12BrFN2OS/c1-6(2)9(13)11(17)16-12-15-10-7(14)4-3-5-8(10)18-12/h3-6,9H,1-2H3,(H,15,16,17)/t9-/m0/s1.